The first-order chi connectivity index (χ1) is 14.1. The summed E-state index contributed by atoms with van der Waals surface area (Å²) in [7, 11) is -5.57. The molecule has 31 heavy (non-hydrogen) atoms. The van der Waals surface area contributed by atoms with Crippen molar-refractivity contribution in [2.24, 2.45) is 0 Å². The number of para-hydroxylation sites is 2. The number of anilines is 2. The molecule has 1 N–H and O–H groups in total. The molecule has 0 amide bonds. The van der Waals surface area contributed by atoms with E-state index in [1.807, 2.05) is 24.3 Å². The van der Waals surface area contributed by atoms with E-state index in [0.29, 0.717) is 18.8 Å². The molecule has 0 atom stereocenters. The number of rotatable bonds is 7. The second-order valence-electron chi connectivity index (χ2n) is 7.26. The van der Waals surface area contributed by atoms with Gasteiger partial charge in [0.2, 0.25) is 26.0 Å². The van der Waals surface area contributed by atoms with Crippen LogP contribution in [-0.2, 0) is 26.6 Å². The van der Waals surface area contributed by atoms with Gasteiger partial charge in [-0.1, -0.05) is 12.1 Å². The topological polar surface area (TPSA) is 105 Å². The Kier molecular flexibility index (Phi) is 6.51. The molecule has 9 nitrogen and oxygen atoms in total. The Morgan fingerprint density at radius 1 is 1.03 bits per heavy atom. The number of hydrogen-bond donors (Lipinski definition) is 1. The maximum atomic E-state index is 12.9. The van der Waals surface area contributed by atoms with Crippen molar-refractivity contribution in [2.45, 2.75) is 11.4 Å². The third-order valence-electron chi connectivity index (χ3n) is 5.06. The fourth-order valence-corrected chi connectivity index (χ4v) is 5.25. The van der Waals surface area contributed by atoms with E-state index >= 15 is 0 Å². The fourth-order valence-electron chi connectivity index (χ4n) is 3.53. The molecule has 1 aliphatic rings. The molecule has 0 fully saturated rings. The van der Waals surface area contributed by atoms with E-state index in [1.54, 1.807) is 0 Å². The normalized spacial score (nSPS) is 14.0. The lowest BCUT2D eigenvalue weighted by Crippen LogP contribution is -2.36. The van der Waals surface area contributed by atoms with Gasteiger partial charge in [-0.05, 0) is 36.4 Å². The van der Waals surface area contributed by atoms with Crippen LogP contribution in [0.4, 0.5) is 11.6 Å². The Labute approximate surface area is 188 Å². The Morgan fingerprint density at radius 3 is 2.39 bits per heavy atom. The first-order valence-electron chi connectivity index (χ1n) is 9.39. The minimum atomic E-state index is -3.69. The second kappa shape index (κ2) is 8.65. The number of benzene rings is 2. The predicted molar refractivity (Wildman–Crippen MR) is 124 cm³/mol. The molecule has 0 saturated heterocycles. The minimum absolute atomic E-state index is 0. The number of fused-ring (bicyclic) bond motifs is 3. The lowest BCUT2D eigenvalue weighted by atomic mass is 10.3. The molecule has 2 aromatic carbocycles. The summed E-state index contributed by atoms with van der Waals surface area (Å²) in [5, 5.41) is 0. The first-order valence-corrected chi connectivity index (χ1v) is 12.7. The average Bonchev–Trinajstić information content (AvgIpc) is 3.24. The van der Waals surface area contributed by atoms with E-state index < -0.39 is 20.0 Å². The van der Waals surface area contributed by atoms with Crippen LogP contribution in [0.5, 0.6) is 0 Å². The zero-order valence-corrected chi connectivity index (χ0v) is 19.5. The van der Waals surface area contributed by atoms with Gasteiger partial charge in [-0.25, -0.2) is 21.8 Å². The Morgan fingerprint density at radius 2 is 1.71 bits per heavy atom. The van der Waals surface area contributed by atoms with Gasteiger partial charge in [-0.2, -0.15) is 4.31 Å². The van der Waals surface area contributed by atoms with Crippen LogP contribution in [0.25, 0.3) is 11.0 Å². The van der Waals surface area contributed by atoms with Gasteiger partial charge in [0.1, 0.15) is 0 Å². The highest BCUT2D eigenvalue weighted by molar-refractivity contribution is 7.92. The summed E-state index contributed by atoms with van der Waals surface area (Å²) >= 11 is 0. The van der Waals surface area contributed by atoms with E-state index in [4.69, 9.17) is 0 Å². The minimum Gasteiger partial charge on any atom is -0.339 e. The van der Waals surface area contributed by atoms with E-state index in [0.717, 1.165) is 36.3 Å². The third kappa shape index (κ3) is 4.79. The van der Waals surface area contributed by atoms with E-state index in [9.17, 15) is 16.8 Å². The highest BCUT2D eigenvalue weighted by atomic mass is 35.5. The quantitative estimate of drug-likeness (QED) is 0.548. The highest BCUT2D eigenvalue weighted by Gasteiger charge is 2.26. The molecule has 2 heterocycles. The summed E-state index contributed by atoms with van der Waals surface area (Å²) in [6.45, 7) is 2.43. The fraction of sp³-hybridized carbons (Fsp3) is 0.316. The van der Waals surface area contributed by atoms with Crippen molar-refractivity contribution in [3.63, 3.8) is 0 Å². The smallest absolute Gasteiger partial charge is 0.242 e. The molecule has 168 valence electrons. The van der Waals surface area contributed by atoms with Gasteiger partial charge in [-0.15, -0.1) is 12.4 Å². The van der Waals surface area contributed by atoms with Crippen LogP contribution in [0.2, 0.25) is 0 Å². The number of imidazole rings is 1. The first kappa shape index (κ1) is 23.3. The van der Waals surface area contributed by atoms with Crippen molar-refractivity contribution in [3.8, 4) is 0 Å². The summed E-state index contributed by atoms with van der Waals surface area (Å²) in [4.78, 5) is 6.87. The molecule has 4 rings (SSSR count). The molecular formula is C19H24ClN5O4S2. The van der Waals surface area contributed by atoms with E-state index in [1.165, 1.54) is 35.6 Å². The van der Waals surface area contributed by atoms with Crippen molar-refractivity contribution in [2.75, 3.05) is 42.6 Å². The molecule has 0 unspecified atom stereocenters. The summed E-state index contributed by atoms with van der Waals surface area (Å²) < 4.78 is 54.1. The van der Waals surface area contributed by atoms with Crippen LogP contribution in [0.1, 0.15) is 0 Å². The zero-order valence-electron chi connectivity index (χ0n) is 17.1. The average molecular weight is 486 g/mol. The standard InChI is InChI=1S/C19H23N5O4S2.ClH/c1-22(30(27,28)16-9-7-15(8-10-16)21-29(2,25)26)11-12-23-13-14-24-18-6-4-3-5-17(18)20-19(23)24;/h3-10,21H,11-14H2,1-2H3;1H. The third-order valence-corrected chi connectivity index (χ3v) is 7.54. The molecule has 0 spiro atoms. The lowest BCUT2D eigenvalue weighted by Gasteiger charge is -2.22. The number of aromatic nitrogens is 2. The van der Waals surface area contributed by atoms with Gasteiger partial charge in [0.25, 0.3) is 0 Å². The SMILES string of the molecule is CN(CCN1CCn2c1nc1ccccc12)S(=O)(=O)c1ccc(NS(C)(=O)=O)cc1.Cl. The van der Waals surface area contributed by atoms with Crippen LogP contribution in [0, 0.1) is 0 Å². The van der Waals surface area contributed by atoms with Crippen LogP contribution >= 0.6 is 12.4 Å². The number of nitrogens with one attached hydrogen (secondary N) is 1. The number of likely N-dealkylation sites (N-methyl/N-ethyl adjacent to an activating group) is 1. The summed E-state index contributed by atoms with van der Waals surface area (Å²) in [6, 6.07) is 13.6. The molecule has 0 aliphatic carbocycles. The lowest BCUT2D eigenvalue weighted by molar-refractivity contribution is 0.471. The molecule has 1 aliphatic heterocycles. The van der Waals surface area contributed by atoms with Gasteiger partial charge in [-0.3, -0.25) is 4.72 Å². The van der Waals surface area contributed by atoms with Gasteiger partial charge < -0.3 is 9.47 Å². The largest absolute Gasteiger partial charge is 0.339 e. The Hall–Kier alpha value is -2.34. The summed E-state index contributed by atoms with van der Waals surface area (Å²) in [6.07, 6.45) is 1.04. The Balaban J connectivity index is 0.00000272. The van der Waals surface area contributed by atoms with Crippen molar-refractivity contribution < 1.29 is 16.8 Å². The van der Waals surface area contributed by atoms with Gasteiger partial charge >= 0.3 is 0 Å². The monoisotopic (exact) mass is 485 g/mol. The van der Waals surface area contributed by atoms with Crippen molar-refractivity contribution >= 4 is 55.1 Å². The van der Waals surface area contributed by atoms with Crippen LogP contribution < -0.4 is 9.62 Å². The van der Waals surface area contributed by atoms with Crippen LogP contribution in [-0.4, -0.2) is 63.6 Å². The number of hydrogen-bond acceptors (Lipinski definition) is 6. The van der Waals surface area contributed by atoms with Crippen LogP contribution in [0.3, 0.4) is 0 Å². The molecule has 0 bridgehead atoms. The predicted octanol–water partition coefficient (Wildman–Crippen LogP) is 1.97. The molecule has 1 aromatic heterocycles. The van der Waals surface area contributed by atoms with Crippen molar-refractivity contribution in [1.82, 2.24) is 13.9 Å². The molecule has 3 aromatic rings. The maximum Gasteiger partial charge on any atom is 0.242 e. The van der Waals surface area contributed by atoms with E-state index in [-0.39, 0.29) is 17.3 Å². The van der Waals surface area contributed by atoms with Crippen molar-refractivity contribution in [1.29, 1.82) is 0 Å². The number of sulfonamides is 2. The van der Waals surface area contributed by atoms with Crippen molar-refractivity contribution in [3.05, 3.63) is 48.5 Å². The molecule has 0 radical (unpaired) electrons. The zero-order chi connectivity index (χ0) is 21.5. The highest BCUT2D eigenvalue weighted by Crippen LogP contribution is 2.27. The van der Waals surface area contributed by atoms with Gasteiger partial charge in [0, 0.05) is 38.9 Å². The van der Waals surface area contributed by atoms with Crippen LogP contribution in [0.15, 0.2) is 53.4 Å². The maximum absolute atomic E-state index is 12.9. The van der Waals surface area contributed by atoms with Gasteiger partial charge in [0.05, 0.1) is 22.2 Å². The number of nitrogens with zero attached hydrogens (tertiary/aromatic N) is 4. The number of halogens is 1. The summed E-state index contributed by atoms with van der Waals surface area (Å²) in [5.41, 5.74) is 2.33. The molecular weight excluding hydrogens is 462 g/mol. The summed E-state index contributed by atoms with van der Waals surface area (Å²) in [5.74, 6) is 0.859. The molecule has 0 saturated carbocycles. The molecule has 12 heteroatoms. The van der Waals surface area contributed by atoms with E-state index in [2.05, 4.69) is 19.2 Å². The Bertz CT molecular complexity index is 1290. The van der Waals surface area contributed by atoms with Gasteiger partial charge in [0.15, 0.2) is 0 Å². The second-order valence-corrected chi connectivity index (χ2v) is 11.1.